The van der Waals surface area contributed by atoms with Crippen LogP contribution < -0.4 is 0 Å². The van der Waals surface area contributed by atoms with Crippen molar-refractivity contribution in [3.8, 4) is 6.07 Å². The molecule has 0 aromatic heterocycles. The minimum absolute atomic E-state index is 0.671. The Hall–Kier alpha value is -1.78. The Kier molecular flexibility index (Phi) is 3.24. The van der Waals surface area contributed by atoms with Crippen molar-refractivity contribution in [1.29, 1.82) is 5.26 Å². The van der Waals surface area contributed by atoms with E-state index in [0.29, 0.717) is 10.6 Å². The van der Waals surface area contributed by atoms with Crippen LogP contribution in [0, 0.1) is 11.3 Å². The van der Waals surface area contributed by atoms with Gasteiger partial charge in [0, 0.05) is 5.02 Å². The molecule has 0 aliphatic heterocycles. The van der Waals surface area contributed by atoms with Crippen molar-refractivity contribution >= 4 is 11.6 Å². The largest absolute Gasteiger partial charge is 0.192 e. The van der Waals surface area contributed by atoms with Crippen molar-refractivity contribution in [1.82, 2.24) is 0 Å². The maximum absolute atomic E-state index is 8.99. The molecule has 2 aromatic rings. The Bertz CT molecular complexity index is 526. The molecule has 0 saturated carbocycles. The Morgan fingerprint density at radius 3 is 2.50 bits per heavy atom. The number of benzene rings is 2. The molecule has 0 radical (unpaired) electrons. The van der Waals surface area contributed by atoms with Crippen molar-refractivity contribution in [3.63, 3.8) is 0 Å². The maximum atomic E-state index is 8.99. The molecule has 0 saturated heterocycles. The number of nitrogens with zero attached hydrogens (tertiary/aromatic N) is 1. The predicted octanol–water partition coefficient (Wildman–Crippen LogP) is 3.80. The number of halogens is 1. The van der Waals surface area contributed by atoms with E-state index >= 15 is 0 Å². The van der Waals surface area contributed by atoms with Crippen LogP contribution in [0.2, 0.25) is 5.02 Å². The van der Waals surface area contributed by atoms with Gasteiger partial charge in [-0.2, -0.15) is 5.26 Å². The zero-order valence-corrected chi connectivity index (χ0v) is 9.41. The summed E-state index contributed by atoms with van der Waals surface area (Å²) in [5, 5.41) is 9.67. The van der Waals surface area contributed by atoms with Gasteiger partial charge in [0.15, 0.2) is 0 Å². The fraction of sp³-hybridized carbons (Fsp3) is 0.0714. The number of nitriles is 1. The lowest BCUT2D eigenvalue weighted by atomic mass is 10.0. The van der Waals surface area contributed by atoms with Gasteiger partial charge in [-0.25, -0.2) is 0 Å². The molecule has 0 spiro atoms. The van der Waals surface area contributed by atoms with Gasteiger partial charge in [-0.15, -0.1) is 0 Å². The molecule has 2 heteroatoms. The second-order valence-electron chi connectivity index (χ2n) is 3.58. The van der Waals surface area contributed by atoms with E-state index in [-0.39, 0.29) is 0 Å². The summed E-state index contributed by atoms with van der Waals surface area (Å²) in [6, 6.07) is 17.6. The van der Waals surface area contributed by atoms with Crippen molar-refractivity contribution in [2.45, 2.75) is 6.42 Å². The molecule has 1 nitrogen and oxygen atoms in total. The second-order valence-corrected chi connectivity index (χ2v) is 4.01. The van der Waals surface area contributed by atoms with Crippen LogP contribution in [0.15, 0.2) is 48.5 Å². The molecule has 2 rings (SSSR count). The first-order valence-corrected chi connectivity index (χ1v) is 5.40. The minimum atomic E-state index is 0.671. The van der Waals surface area contributed by atoms with Crippen molar-refractivity contribution in [2.75, 3.05) is 0 Å². The Morgan fingerprint density at radius 2 is 1.81 bits per heavy atom. The third-order valence-electron chi connectivity index (χ3n) is 2.43. The lowest BCUT2D eigenvalue weighted by Crippen LogP contribution is -1.92. The highest BCUT2D eigenvalue weighted by atomic mass is 35.5. The first-order valence-electron chi connectivity index (χ1n) is 5.02. The van der Waals surface area contributed by atoms with Crippen LogP contribution >= 0.6 is 11.6 Å². The minimum Gasteiger partial charge on any atom is -0.192 e. The molecule has 78 valence electrons. The first kappa shape index (κ1) is 10.7. The third kappa shape index (κ3) is 2.42. The highest BCUT2D eigenvalue weighted by Gasteiger charge is 2.03. The van der Waals surface area contributed by atoms with E-state index in [1.54, 1.807) is 12.1 Å². The molecule has 0 fully saturated rings. The van der Waals surface area contributed by atoms with Gasteiger partial charge in [0.25, 0.3) is 0 Å². The van der Waals surface area contributed by atoms with Gasteiger partial charge in [0.1, 0.15) is 0 Å². The van der Waals surface area contributed by atoms with Gasteiger partial charge < -0.3 is 0 Å². The van der Waals surface area contributed by atoms with Crippen molar-refractivity contribution in [3.05, 3.63) is 70.2 Å². The molecule has 0 atom stereocenters. The second kappa shape index (κ2) is 4.83. The molecule has 0 aliphatic rings. The monoisotopic (exact) mass is 227 g/mol. The lowest BCUT2D eigenvalue weighted by Gasteiger charge is -2.04. The Balaban J connectivity index is 2.35. The Labute approximate surface area is 99.9 Å². The van der Waals surface area contributed by atoms with E-state index in [0.717, 1.165) is 12.0 Å². The lowest BCUT2D eigenvalue weighted by molar-refractivity contribution is 1.18. The summed E-state index contributed by atoms with van der Waals surface area (Å²) in [4.78, 5) is 0. The molecule has 0 N–H and O–H groups in total. The number of hydrogen-bond donors (Lipinski definition) is 0. The van der Waals surface area contributed by atoms with Gasteiger partial charge in [0.2, 0.25) is 0 Å². The maximum Gasteiger partial charge on any atom is 0.0994 e. The third-order valence-corrected chi connectivity index (χ3v) is 2.66. The predicted molar refractivity (Wildman–Crippen MR) is 65.4 cm³/mol. The molecule has 2 aromatic carbocycles. The van der Waals surface area contributed by atoms with E-state index in [1.807, 2.05) is 36.4 Å². The van der Waals surface area contributed by atoms with Gasteiger partial charge >= 0.3 is 0 Å². The highest BCUT2D eigenvalue weighted by molar-refractivity contribution is 6.30. The summed E-state index contributed by atoms with van der Waals surface area (Å²) in [5.74, 6) is 0. The average molecular weight is 228 g/mol. The first-order chi connectivity index (χ1) is 7.79. The SMILES string of the molecule is N#Cc1ccc(Cl)cc1Cc1ccccc1. The summed E-state index contributed by atoms with van der Waals surface area (Å²) in [6.07, 6.45) is 0.740. The van der Waals surface area contributed by atoms with Gasteiger partial charge in [0.05, 0.1) is 11.6 Å². The fourth-order valence-corrected chi connectivity index (χ4v) is 1.83. The fourth-order valence-electron chi connectivity index (χ4n) is 1.63. The van der Waals surface area contributed by atoms with Crippen LogP contribution in [-0.2, 0) is 6.42 Å². The summed E-state index contributed by atoms with van der Waals surface area (Å²) in [5.41, 5.74) is 2.84. The van der Waals surface area contributed by atoms with E-state index in [1.165, 1.54) is 5.56 Å². The summed E-state index contributed by atoms with van der Waals surface area (Å²) < 4.78 is 0. The Morgan fingerprint density at radius 1 is 1.06 bits per heavy atom. The standard InChI is InChI=1S/C14H10ClN/c15-14-7-6-12(10-16)13(9-14)8-11-4-2-1-3-5-11/h1-7,9H,8H2. The topological polar surface area (TPSA) is 23.8 Å². The van der Waals surface area contributed by atoms with Crippen molar-refractivity contribution < 1.29 is 0 Å². The van der Waals surface area contributed by atoms with E-state index in [4.69, 9.17) is 16.9 Å². The van der Waals surface area contributed by atoms with Crippen LogP contribution in [0.1, 0.15) is 16.7 Å². The summed E-state index contributed by atoms with van der Waals surface area (Å²) in [6.45, 7) is 0. The molecular formula is C14H10ClN. The van der Waals surface area contributed by atoms with Gasteiger partial charge in [-0.3, -0.25) is 0 Å². The quantitative estimate of drug-likeness (QED) is 0.766. The van der Waals surface area contributed by atoms with Crippen LogP contribution in [-0.4, -0.2) is 0 Å². The number of hydrogen-bond acceptors (Lipinski definition) is 1. The van der Waals surface area contributed by atoms with E-state index < -0.39 is 0 Å². The van der Waals surface area contributed by atoms with Gasteiger partial charge in [-0.1, -0.05) is 41.9 Å². The average Bonchev–Trinajstić information content (AvgIpc) is 2.31. The molecule has 0 aliphatic carbocycles. The van der Waals surface area contributed by atoms with Gasteiger partial charge in [-0.05, 0) is 35.7 Å². The summed E-state index contributed by atoms with van der Waals surface area (Å²) in [7, 11) is 0. The zero-order valence-electron chi connectivity index (χ0n) is 8.65. The highest BCUT2D eigenvalue weighted by Crippen LogP contribution is 2.18. The van der Waals surface area contributed by atoms with Crippen LogP contribution in [0.3, 0.4) is 0 Å². The molecule has 16 heavy (non-hydrogen) atoms. The van der Waals surface area contributed by atoms with Crippen LogP contribution in [0.4, 0.5) is 0 Å². The van der Waals surface area contributed by atoms with E-state index in [9.17, 15) is 0 Å². The van der Waals surface area contributed by atoms with E-state index in [2.05, 4.69) is 6.07 Å². The molecule has 0 bridgehead atoms. The van der Waals surface area contributed by atoms with Crippen LogP contribution in [0.5, 0.6) is 0 Å². The molecule has 0 amide bonds. The molecule has 0 heterocycles. The number of rotatable bonds is 2. The molecule has 0 unspecified atom stereocenters. The van der Waals surface area contributed by atoms with Crippen molar-refractivity contribution in [2.24, 2.45) is 0 Å². The summed E-state index contributed by atoms with van der Waals surface area (Å²) >= 11 is 5.93. The smallest absolute Gasteiger partial charge is 0.0994 e. The zero-order chi connectivity index (χ0) is 11.4. The normalized spacial score (nSPS) is 9.75. The molecular weight excluding hydrogens is 218 g/mol. The van der Waals surface area contributed by atoms with Crippen LogP contribution in [0.25, 0.3) is 0 Å².